The highest BCUT2D eigenvalue weighted by Crippen LogP contribution is 2.21. The summed E-state index contributed by atoms with van der Waals surface area (Å²) in [7, 11) is 0. The van der Waals surface area contributed by atoms with Gasteiger partial charge >= 0.3 is 6.03 Å². The Kier molecular flexibility index (Phi) is 4.18. The zero-order valence-electron chi connectivity index (χ0n) is 13.0. The number of nitrogens with zero attached hydrogens (tertiary/aromatic N) is 4. The minimum atomic E-state index is -0.270. The molecule has 0 spiro atoms. The molecular formula is C16H18N6O. The quantitative estimate of drug-likeness (QED) is 0.774. The predicted octanol–water partition coefficient (Wildman–Crippen LogP) is 2.34. The molecule has 2 heterocycles. The van der Waals surface area contributed by atoms with Crippen LogP contribution in [0.3, 0.4) is 0 Å². The standard InChI is InChI=1S/C16H18N6O/c1-11-6-7-13-4-3-5-14(15(13)19-11)21-16(23)20-12(2)8-22-10-17-9-18-22/h3-7,9-10,12H,8H2,1-2H3,(H2,20,21,23)/t12-/m0/s1. The van der Waals surface area contributed by atoms with Gasteiger partial charge in [0.2, 0.25) is 0 Å². The molecule has 7 heteroatoms. The summed E-state index contributed by atoms with van der Waals surface area (Å²) >= 11 is 0. The zero-order valence-corrected chi connectivity index (χ0v) is 13.0. The third-order valence-electron chi connectivity index (χ3n) is 3.41. The second kappa shape index (κ2) is 6.43. The normalized spacial score (nSPS) is 12.1. The second-order valence-corrected chi connectivity index (χ2v) is 5.45. The van der Waals surface area contributed by atoms with Crippen molar-refractivity contribution in [3.8, 4) is 0 Å². The van der Waals surface area contributed by atoms with Gasteiger partial charge < -0.3 is 10.6 Å². The van der Waals surface area contributed by atoms with E-state index in [9.17, 15) is 4.79 Å². The molecule has 0 aliphatic heterocycles. The summed E-state index contributed by atoms with van der Waals surface area (Å²) in [5.41, 5.74) is 2.38. The number of nitrogens with one attached hydrogen (secondary N) is 2. The lowest BCUT2D eigenvalue weighted by Gasteiger charge is -2.15. The molecule has 0 aliphatic carbocycles. The van der Waals surface area contributed by atoms with Crippen LogP contribution < -0.4 is 10.6 Å². The van der Waals surface area contributed by atoms with Crippen molar-refractivity contribution < 1.29 is 4.79 Å². The molecule has 3 aromatic rings. The molecule has 0 unspecified atom stereocenters. The number of benzene rings is 1. The first-order valence-corrected chi connectivity index (χ1v) is 7.38. The molecule has 23 heavy (non-hydrogen) atoms. The number of pyridine rings is 1. The van der Waals surface area contributed by atoms with E-state index in [-0.39, 0.29) is 12.1 Å². The molecule has 118 valence electrons. The van der Waals surface area contributed by atoms with Gasteiger partial charge in [-0.15, -0.1) is 0 Å². The maximum atomic E-state index is 12.2. The average Bonchev–Trinajstić information content (AvgIpc) is 3.00. The Bertz CT molecular complexity index is 815. The van der Waals surface area contributed by atoms with Crippen LogP contribution >= 0.6 is 0 Å². The lowest BCUT2D eigenvalue weighted by Crippen LogP contribution is -2.38. The second-order valence-electron chi connectivity index (χ2n) is 5.45. The van der Waals surface area contributed by atoms with E-state index in [0.717, 1.165) is 16.6 Å². The Labute approximate surface area is 133 Å². The van der Waals surface area contributed by atoms with Gasteiger partial charge in [-0.25, -0.2) is 9.78 Å². The number of para-hydroxylation sites is 1. The fraction of sp³-hybridized carbons (Fsp3) is 0.250. The number of carbonyl (C=O) groups excluding carboxylic acids is 1. The zero-order chi connectivity index (χ0) is 16.2. The van der Waals surface area contributed by atoms with E-state index in [4.69, 9.17) is 0 Å². The van der Waals surface area contributed by atoms with Crippen LogP contribution in [0.25, 0.3) is 10.9 Å². The van der Waals surface area contributed by atoms with Gasteiger partial charge in [0.15, 0.2) is 0 Å². The number of anilines is 1. The first kappa shape index (κ1) is 15.0. The summed E-state index contributed by atoms with van der Waals surface area (Å²) in [5.74, 6) is 0. The van der Waals surface area contributed by atoms with Crippen LogP contribution in [0.1, 0.15) is 12.6 Å². The SMILES string of the molecule is Cc1ccc2cccc(NC(=O)N[C@@H](C)Cn3cncn3)c2n1. The Morgan fingerprint density at radius 1 is 1.30 bits per heavy atom. The molecule has 0 saturated carbocycles. The van der Waals surface area contributed by atoms with Gasteiger partial charge in [-0.3, -0.25) is 9.67 Å². The topological polar surface area (TPSA) is 84.7 Å². The van der Waals surface area contributed by atoms with Crippen molar-refractivity contribution in [1.29, 1.82) is 0 Å². The van der Waals surface area contributed by atoms with E-state index in [2.05, 4.69) is 25.7 Å². The van der Waals surface area contributed by atoms with E-state index in [0.29, 0.717) is 12.2 Å². The molecule has 0 saturated heterocycles. The van der Waals surface area contributed by atoms with Gasteiger partial charge in [0.1, 0.15) is 12.7 Å². The number of rotatable bonds is 4. The third-order valence-corrected chi connectivity index (χ3v) is 3.41. The fourth-order valence-corrected chi connectivity index (χ4v) is 2.38. The molecule has 2 aromatic heterocycles. The van der Waals surface area contributed by atoms with Crippen molar-refractivity contribution in [2.24, 2.45) is 0 Å². The maximum Gasteiger partial charge on any atom is 0.319 e. The molecule has 0 radical (unpaired) electrons. The van der Waals surface area contributed by atoms with Crippen LogP contribution in [-0.2, 0) is 6.54 Å². The van der Waals surface area contributed by atoms with Crippen LogP contribution in [-0.4, -0.2) is 31.8 Å². The summed E-state index contributed by atoms with van der Waals surface area (Å²) in [6.07, 6.45) is 3.09. The molecule has 2 N–H and O–H groups in total. The van der Waals surface area contributed by atoms with Gasteiger partial charge in [-0.05, 0) is 26.0 Å². The largest absolute Gasteiger partial charge is 0.334 e. The van der Waals surface area contributed by atoms with E-state index in [1.165, 1.54) is 6.33 Å². The van der Waals surface area contributed by atoms with E-state index >= 15 is 0 Å². The highest BCUT2D eigenvalue weighted by Gasteiger charge is 2.10. The van der Waals surface area contributed by atoms with Crippen molar-refractivity contribution in [2.75, 3.05) is 5.32 Å². The number of aryl methyl sites for hydroxylation is 1. The van der Waals surface area contributed by atoms with E-state index < -0.39 is 0 Å². The summed E-state index contributed by atoms with van der Waals surface area (Å²) in [4.78, 5) is 20.6. The summed E-state index contributed by atoms with van der Waals surface area (Å²) in [6.45, 7) is 4.39. The monoisotopic (exact) mass is 310 g/mol. The van der Waals surface area contributed by atoms with Crippen molar-refractivity contribution >= 4 is 22.6 Å². The minimum Gasteiger partial charge on any atom is -0.334 e. The van der Waals surface area contributed by atoms with Crippen LogP contribution in [0.2, 0.25) is 0 Å². The minimum absolute atomic E-state index is 0.0821. The molecule has 2 amide bonds. The molecule has 1 atom stereocenters. The summed E-state index contributed by atoms with van der Waals surface area (Å²) in [6, 6.07) is 9.30. The molecule has 0 bridgehead atoms. The Hall–Kier alpha value is -2.96. The van der Waals surface area contributed by atoms with Gasteiger partial charge in [0.05, 0.1) is 17.7 Å². The molecular weight excluding hydrogens is 292 g/mol. The Morgan fingerprint density at radius 2 is 2.17 bits per heavy atom. The Morgan fingerprint density at radius 3 is 2.96 bits per heavy atom. The van der Waals surface area contributed by atoms with Crippen molar-refractivity contribution in [3.63, 3.8) is 0 Å². The number of amides is 2. The number of fused-ring (bicyclic) bond motifs is 1. The van der Waals surface area contributed by atoms with Crippen molar-refractivity contribution in [1.82, 2.24) is 25.1 Å². The maximum absolute atomic E-state index is 12.2. The van der Waals surface area contributed by atoms with E-state index in [1.54, 1.807) is 11.0 Å². The van der Waals surface area contributed by atoms with Crippen LogP contribution in [0.15, 0.2) is 43.0 Å². The van der Waals surface area contributed by atoms with Gasteiger partial charge in [0.25, 0.3) is 0 Å². The van der Waals surface area contributed by atoms with Gasteiger partial charge in [0, 0.05) is 17.1 Å². The van der Waals surface area contributed by atoms with E-state index in [1.807, 2.05) is 44.2 Å². The molecule has 1 aromatic carbocycles. The predicted molar refractivity (Wildman–Crippen MR) is 88.1 cm³/mol. The molecule has 7 nitrogen and oxygen atoms in total. The highest BCUT2D eigenvalue weighted by atomic mass is 16.2. The van der Waals surface area contributed by atoms with Crippen molar-refractivity contribution in [3.05, 3.63) is 48.7 Å². The smallest absolute Gasteiger partial charge is 0.319 e. The van der Waals surface area contributed by atoms with Crippen LogP contribution in [0.4, 0.5) is 10.5 Å². The summed E-state index contributed by atoms with van der Waals surface area (Å²) < 4.78 is 1.67. The Balaban J connectivity index is 1.69. The lowest BCUT2D eigenvalue weighted by molar-refractivity contribution is 0.247. The lowest BCUT2D eigenvalue weighted by atomic mass is 10.2. The van der Waals surface area contributed by atoms with Crippen LogP contribution in [0, 0.1) is 6.92 Å². The number of urea groups is 1. The van der Waals surface area contributed by atoms with Crippen molar-refractivity contribution in [2.45, 2.75) is 26.4 Å². The molecule has 3 rings (SSSR count). The number of carbonyl (C=O) groups is 1. The van der Waals surface area contributed by atoms with Gasteiger partial charge in [-0.2, -0.15) is 5.10 Å². The van der Waals surface area contributed by atoms with Gasteiger partial charge in [-0.1, -0.05) is 18.2 Å². The van der Waals surface area contributed by atoms with Crippen LogP contribution in [0.5, 0.6) is 0 Å². The number of aromatic nitrogens is 4. The third kappa shape index (κ3) is 3.63. The molecule has 0 aliphatic rings. The number of hydrogen-bond donors (Lipinski definition) is 2. The fourth-order valence-electron chi connectivity index (χ4n) is 2.38. The highest BCUT2D eigenvalue weighted by molar-refractivity contribution is 5.99. The number of hydrogen-bond acceptors (Lipinski definition) is 4. The first-order chi connectivity index (χ1) is 11.1. The molecule has 0 fully saturated rings. The first-order valence-electron chi connectivity index (χ1n) is 7.38. The average molecular weight is 310 g/mol. The summed E-state index contributed by atoms with van der Waals surface area (Å²) in [5, 5.41) is 10.8.